The van der Waals surface area contributed by atoms with Crippen LogP contribution in [0.4, 0.5) is 0 Å². The number of nitrogens with zero attached hydrogens (tertiary/aromatic N) is 3. The predicted molar refractivity (Wildman–Crippen MR) is 138 cm³/mol. The van der Waals surface area contributed by atoms with Crippen LogP contribution in [0.2, 0.25) is 0 Å². The highest BCUT2D eigenvalue weighted by Crippen LogP contribution is 2.34. The molecule has 0 saturated carbocycles. The molecular weight excluding hydrogens is 460 g/mol. The van der Waals surface area contributed by atoms with Gasteiger partial charge in [-0.15, -0.1) is 0 Å². The van der Waals surface area contributed by atoms with E-state index in [9.17, 15) is 4.79 Å². The van der Waals surface area contributed by atoms with Gasteiger partial charge in [-0.1, -0.05) is 60.3 Å². The number of hydrogen-bond donors (Lipinski definition) is 1. The molecule has 0 unspecified atom stereocenters. The largest absolute Gasteiger partial charge is 0.381 e. The molecule has 3 heterocycles. The van der Waals surface area contributed by atoms with Crippen LogP contribution < -0.4 is 5.32 Å². The summed E-state index contributed by atoms with van der Waals surface area (Å²) in [6.07, 6.45) is 1.82. The minimum atomic E-state index is -0.0766. The lowest BCUT2D eigenvalue weighted by Gasteiger charge is -2.38. The smallest absolute Gasteiger partial charge is 0.230 e. The molecule has 1 amide bonds. The maximum Gasteiger partial charge on any atom is 0.230 e. The predicted octanol–water partition coefficient (Wildman–Crippen LogP) is 3.42. The molecule has 8 heteroatoms. The van der Waals surface area contributed by atoms with E-state index in [0.717, 1.165) is 74.1 Å². The average molecular weight is 493 g/mol. The van der Waals surface area contributed by atoms with Crippen LogP contribution in [0.5, 0.6) is 0 Å². The SMILES string of the molecule is O=C(CSc1nc(CN2CCOCC2)nc2ccccc12)NCC1(c2ccccc2)CCOCC1. The molecule has 35 heavy (non-hydrogen) atoms. The Bertz CT molecular complexity index is 1130. The standard InChI is InChI=1S/C27H32N4O3S/c32-25(28-20-27(10-14-33-15-11-27)21-6-2-1-3-7-21)19-35-26-22-8-4-5-9-23(22)29-24(30-26)18-31-12-16-34-17-13-31/h1-9H,10-20H2,(H,28,32). The lowest BCUT2D eigenvalue weighted by atomic mass is 9.74. The van der Waals surface area contributed by atoms with E-state index >= 15 is 0 Å². The van der Waals surface area contributed by atoms with Gasteiger partial charge in [0.2, 0.25) is 5.91 Å². The van der Waals surface area contributed by atoms with Gasteiger partial charge in [0.25, 0.3) is 0 Å². The van der Waals surface area contributed by atoms with Gasteiger partial charge in [0.05, 0.1) is 31.0 Å². The van der Waals surface area contributed by atoms with Gasteiger partial charge in [-0.2, -0.15) is 0 Å². The molecule has 1 N–H and O–H groups in total. The molecule has 0 radical (unpaired) electrons. The van der Waals surface area contributed by atoms with Crippen LogP contribution in [-0.4, -0.2) is 72.6 Å². The number of benzene rings is 2. The van der Waals surface area contributed by atoms with Crippen molar-refractivity contribution >= 4 is 28.6 Å². The highest BCUT2D eigenvalue weighted by atomic mass is 32.2. The van der Waals surface area contributed by atoms with Crippen molar-refractivity contribution in [3.05, 3.63) is 66.0 Å². The van der Waals surface area contributed by atoms with Crippen LogP contribution in [0.1, 0.15) is 24.2 Å². The number of thioether (sulfide) groups is 1. The summed E-state index contributed by atoms with van der Waals surface area (Å²) < 4.78 is 11.1. The quantitative estimate of drug-likeness (QED) is 0.381. The maximum absolute atomic E-state index is 12.9. The second kappa shape index (κ2) is 11.5. The Labute approximate surface area is 210 Å². The zero-order valence-electron chi connectivity index (χ0n) is 19.9. The summed E-state index contributed by atoms with van der Waals surface area (Å²) in [5.74, 6) is 1.13. The van der Waals surface area contributed by atoms with E-state index in [2.05, 4.69) is 34.5 Å². The Balaban J connectivity index is 1.25. The summed E-state index contributed by atoms with van der Waals surface area (Å²) in [5, 5.41) is 5.06. The topological polar surface area (TPSA) is 76.6 Å². The van der Waals surface area contributed by atoms with Gasteiger partial charge in [0.15, 0.2) is 0 Å². The lowest BCUT2D eigenvalue weighted by Crippen LogP contribution is -2.45. The van der Waals surface area contributed by atoms with Crippen molar-refractivity contribution in [1.82, 2.24) is 20.2 Å². The van der Waals surface area contributed by atoms with Gasteiger partial charge in [-0.3, -0.25) is 9.69 Å². The Kier molecular flexibility index (Phi) is 7.93. The van der Waals surface area contributed by atoms with Crippen molar-refractivity contribution in [3.8, 4) is 0 Å². The van der Waals surface area contributed by atoms with E-state index in [0.29, 0.717) is 18.8 Å². The Morgan fingerprint density at radius 3 is 2.46 bits per heavy atom. The van der Waals surface area contributed by atoms with Crippen LogP contribution in [-0.2, 0) is 26.2 Å². The first-order valence-corrected chi connectivity index (χ1v) is 13.3. The first-order chi connectivity index (χ1) is 17.2. The van der Waals surface area contributed by atoms with Crippen LogP contribution in [0.25, 0.3) is 10.9 Å². The maximum atomic E-state index is 12.9. The number of ether oxygens (including phenoxy) is 2. The van der Waals surface area contributed by atoms with Crippen LogP contribution in [0, 0.1) is 0 Å². The molecule has 0 bridgehead atoms. The van der Waals surface area contributed by atoms with Crippen LogP contribution in [0.3, 0.4) is 0 Å². The molecule has 2 fully saturated rings. The summed E-state index contributed by atoms with van der Waals surface area (Å²) in [4.78, 5) is 24.9. The fourth-order valence-corrected chi connectivity index (χ4v) is 5.68. The Morgan fingerprint density at radius 2 is 1.66 bits per heavy atom. The summed E-state index contributed by atoms with van der Waals surface area (Å²) in [7, 11) is 0. The van der Waals surface area contributed by atoms with E-state index in [4.69, 9.17) is 19.4 Å². The minimum absolute atomic E-state index is 0.0224. The molecule has 0 spiro atoms. The zero-order valence-corrected chi connectivity index (χ0v) is 20.8. The van der Waals surface area contributed by atoms with E-state index in [1.807, 2.05) is 30.3 Å². The highest BCUT2D eigenvalue weighted by molar-refractivity contribution is 8.00. The number of amides is 1. The number of carbonyl (C=O) groups is 1. The second-order valence-electron chi connectivity index (χ2n) is 9.17. The third kappa shape index (κ3) is 6.01. The van der Waals surface area contributed by atoms with Gasteiger partial charge in [-0.05, 0) is 24.5 Å². The number of rotatable bonds is 8. The van der Waals surface area contributed by atoms with Crippen molar-refractivity contribution in [1.29, 1.82) is 0 Å². The Hall–Kier alpha value is -2.52. The number of aromatic nitrogens is 2. The molecule has 7 nitrogen and oxygen atoms in total. The third-order valence-corrected chi connectivity index (χ3v) is 7.87. The Morgan fingerprint density at radius 1 is 0.943 bits per heavy atom. The molecule has 3 aromatic rings. The summed E-state index contributed by atoms with van der Waals surface area (Å²) in [6.45, 7) is 6.00. The first-order valence-electron chi connectivity index (χ1n) is 12.3. The number of carbonyl (C=O) groups excluding carboxylic acids is 1. The van der Waals surface area contributed by atoms with Gasteiger partial charge >= 0.3 is 0 Å². The normalized spacial score (nSPS) is 18.4. The highest BCUT2D eigenvalue weighted by Gasteiger charge is 2.34. The molecular formula is C27H32N4O3S. The van der Waals surface area contributed by atoms with Gasteiger partial charge < -0.3 is 14.8 Å². The molecule has 2 aromatic carbocycles. The third-order valence-electron chi connectivity index (χ3n) is 6.88. The first kappa shape index (κ1) is 24.2. The zero-order chi connectivity index (χ0) is 23.9. The van der Waals surface area contributed by atoms with Crippen molar-refractivity contribution < 1.29 is 14.3 Å². The van der Waals surface area contributed by atoms with Crippen molar-refractivity contribution in [2.75, 3.05) is 51.8 Å². The molecule has 2 aliphatic rings. The van der Waals surface area contributed by atoms with Gasteiger partial charge in [-0.25, -0.2) is 9.97 Å². The number of morpholine rings is 1. The number of para-hydroxylation sites is 1. The van der Waals surface area contributed by atoms with Crippen molar-refractivity contribution in [2.24, 2.45) is 0 Å². The van der Waals surface area contributed by atoms with E-state index < -0.39 is 0 Å². The monoisotopic (exact) mass is 492 g/mol. The fourth-order valence-electron chi connectivity index (χ4n) is 4.81. The van der Waals surface area contributed by atoms with E-state index in [1.165, 1.54) is 17.3 Å². The van der Waals surface area contributed by atoms with Crippen molar-refractivity contribution in [2.45, 2.75) is 29.8 Å². The molecule has 1 aromatic heterocycles. The summed E-state index contributed by atoms with van der Waals surface area (Å²) >= 11 is 1.48. The lowest BCUT2D eigenvalue weighted by molar-refractivity contribution is -0.119. The van der Waals surface area contributed by atoms with E-state index in [-0.39, 0.29) is 11.3 Å². The molecule has 0 atom stereocenters. The molecule has 5 rings (SSSR count). The summed E-state index contributed by atoms with van der Waals surface area (Å²) in [5.41, 5.74) is 2.11. The molecule has 2 saturated heterocycles. The van der Waals surface area contributed by atoms with Crippen LogP contribution in [0.15, 0.2) is 59.6 Å². The number of fused-ring (bicyclic) bond motifs is 1. The minimum Gasteiger partial charge on any atom is -0.381 e. The average Bonchev–Trinajstić information content (AvgIpc) is 2.92. The summed E-state index contributed by atoms with van der Waals surface area (Å²) in [6, 6.07) is 18.5. The number of hydrogen-bond acceptors (Lipinski definition) is 7. The molecule has 0 aliphatic carbocycles. The van der Waals surface area contributed by atoms with E-state index in [1.54, 1.807) is 0 Å². The molecule has 2 aliphatic heterocycles. The van der Waals surface area contributed by atoms with Crippen LogP contribution >= 0.6 is 11.8 Å². The number of nitrogens with one attached hydrogen (secondary N) is 1. The molecule has 184 valence electrons. The second-order valence-corrected chi connectivity index (χ2v) is 10.1. The fraction of sp³-hybridized carbons (Fsp3) is 0.444. The van der Waals surface area contributed by atoms with Gasteiger partial charge in [0, 0.05) is 43.6 Å². The van der Waals surface area contributed by atoms with Crippen molar-refractivity contribution in [3.63, 3.8) is 0 Å². The van der Waals surface area contributed by atoms with Gasteiger partial charge in [0.1, 0.15) is 10.9 Å².